The summed E-state index contributed by atoms with van der Waals surface area (Å²) in [6.07, 6.45) is 2.09. The second-order valence-corrected chi connectivity index (χ2v) is 5.29. The van der Waals surface area contributed by atoms with Gasteiger partial charge in [-0.2, -0.15) is 0 Å². The first-order valence-electron chi connectivity index (χ1n) is 6.76. The summed E-state index contributed by atoms with van der Waals surface area (Å²) in [6.45, 7) is 4.10. The average Bonchev–Trinajstić information content (AvgIpc) is 2.40. The van der Waals surface area contributed by atoms with Crippen LogP contribution in [0.3, 0.4) is 0 Å². The molecule has 2 atom stereocenters. The van der Waals surface area contributed by atoms with Gasteiger partial charge in [-0.25, -0.2) is 4.39 Å². The van der Waals surface area contributed by atoms with Crippen LogP contribution in [0, 0.1) is 12.7 Å². The van der Waals surface area contributed by atoms with Crippen molar-refractivity contribution in [2.75, 3.05) is 6.54 Å². The number of nitrogens with zero attached hydrogens (tertiary/aromatic N) is 1. The maximum absolute atomic E-state index is 13.8. The number of aliphatic hydroxyl groups excluding tert-OH is 1. The van der Waals surface area contributed by atoms with Crippen LogP contribution in [0.2, 0.25) is 0 Å². The van der Waals surface area contributed by atoms with E-state index in [9.17, 15) is 14.3 Å². The third-order valence-electron chi connectivity index (χ3n) is 3.72. The standard InChI is InChI=1S/C15H20FNO2/c1-10-6-7-13(16)12(9-10)15(19)17-8-4-3-5-14(17)11(2)18/h6-7,9,11,14,18H,3-5,8H2,1-2H3/t11-,14+/m1/s1. The minimum absolute atomic E-state index is 0.104. The number of carbonyl (C=O) groups is 1. The molecule has 1 aliphatic heterocycles. The first-order valence-corrected chi connectivity index (χ1v) is 6.76. The van der Waals surface area contributed by atoms with Gasteiger partial charge in [-0.1, -0.05) is 11.6 Å². The molecule has 1 amide bonds. The van der Waals surface area contributed by atoms with E-state index < -0.39 is 11.9 Å². The Bertz CT molecular complexity index is 473. The lowest BCUT2D eigenvalue weighted by molar-refractivity contribution is 0.0277. The fraction of sp³-hybridized carbons (Fsp3) is 0.533. The van der Waals surface area contributed by atoms with Crippen molar-refractivity contribution in [3.63, 3.8) is 0 Å². The van der Waals surface area contributed by atoms with Crippen molar-refractivity contribution in [3.05, 3.63) is 35.1 Å². The third kappa shape index (κ3) is 2.95. The monoisotopic (exact) mass is 265 g/mol. The Morgan fingerprint density at radius 3 is 2.89 bits per heavy atom. The SMILES string of the molecule is Cc1ccc(F)c(C(=O)N2CCCC[C@H]2[C@@H](C)O)c1. The van der Waals surface area contributed by atoms with Crippen LogP contribution in [0.1, 0.15) is 42.1 Å². The van der Waals surface area contributed by atoms with Crippen LogP contribution < -0.4 is 0 Å². The van der Waals surface area contributed by atoms with Gasteiger partial charge >= 0.3 is 0 Å². The number of benzene rings is 1. The zero-order valence-corrected chi connectivity index (χ0v) is 11.4. The van der Waals surface area contributed by atoms with Crippen molar-refractivity contribution in [2.45, 2.75) is 45.3 Å². The zero-order chi connectivity index (χ0) is 14.0. The summed E-state index contributed by atoms with van der Waals surface area (Å²) in [4.78, 5) is 14.1. The number of carbonyl (C=O) groups excluding carboxylic acids is 1. The summed E-state index contributed by atoms with van der Waals surface area (Å²) < 4.78 is 13.8. The Kier molecular flexibility index (Phi) is 4.20. The van der Waals surface area contributed by atoms with Crippen LogP contribution in [0.25, 0.3) is 0 Å². The highest BCUT2D eigenvalue weighted by molar-refractivity contribution is 5.95. The molecule has 1 N–H and O–H groups in total. The Morgan fingerprint density at radius 1 is 1.47 bits per heavy atom. The highest BCUT2D eigenvalue weighted by atomic mass is 19.1. The van der Waals surface area contributed by atoms with Crippen molar-refractivity contribution in [1.82, 2.24) is 4.90 Å². The van der Waals surface area contributed by atoms with E-state index in [2.05, 4.69) is 0 Å². The van der Waals surface area contributed by atoms with Gasteiger partial charge in [-0.3, -0.25) is 4.79 Å². The minimum atomic E-state index is -0.586. The summed E-state index contributed by atoms with van der Waals surface area (Å²) >= 11 is 0. The smallest absolute Gasteiger partial charge is 0.257 e. The molecule has 0 saturated carbocycles. The van der Waals surface area contributed by atoms with Gasteiger partial charge in [0.05, 0.1) is 17.7 Å². The van der Waals surface area contributed by atoms with Crippen LogP contribution in [0.15, 0.2) is 18.2 Å². The molecule has 2 rings (SSSR count). The van der Waals surface area contributed by atoms with Crippen LogP contribution in [-0.4, -0.2) is 34.6 Å². The first-order chi connectivity index (χ1) is 9.00. The average molecular weight is 265 g/mol. The number of piperidine rings is 1. The Labute approximate surface area is 113 Å². The summed E-state index contributed by atoms with van der Waals surface area (Å²) in [6, 6.07) is 4.34. The van der Waals surface area contributed by atoms with Crippen molar-refractivity contribution in [3.8, 4) is 0 Å². The molecule has 1 aliphatic rings. The molecule has 1 aromatic rings. The first kappa shape index (κ1) is 14.0. The number of rotatable bonds is 2. The predicted molar refractivity (Wildman–Crippen MR) is 71.5 cm³/mol. The topological polar surface area (TPSA) is 40.5 Å². The lowest BCUT2D eigenvalue weighted by Crippen LogP contribution is -2.49. The number of aliphatic hydroxyl groups is 1. The maximum atomic E-state index is 13.8. The molecule has 0 bridgehead atoms. The molecule has 19 heavy (non-hydrogen) atoms. The summed E-state index contributed by atoms with van der Waals surface area (Å²) in [5, 5.41) is 9.78. The number of halogens is 1. The second kappa shape index (κ2) is 5.70. The molecule has 0 spiro atoms. The summed E-state index contributed by atoms with van der Waals surface area (Å²) in [5.41, 5.74) is 0.961. The van der Waals surface area contributed by atoms with Crippen LogP contribution >= 0.6 is 0 Å². The molecule has 0 radical (unpaired) electrons. The quantitative estimate of drug-likeness (QED) is 0.892. The van der Waals surface area contributed by atoms with Crippen molar-refractivity contribution in [1.29, 1.82) is 0 Å². The summed E-state index contributed by atoms with van der Waals surface area (Å²) in [5.74, 6) is -0.808. The molecule has 3 nitrogen and oxygen atoms in total. The molecular formula is C15H20FNO2. The lowest BCUT2D eigenvalue weighted by atomic mass is 9.96. The van der Waals surface area contributed by atoms with Crippen LogP contribution in [0.5, 0.6) is 0 Å². The van der Waals surface area contributed by atoms with E-state index >= 15 is 0 Å². The van der Waals surface area contributed by atoms with Crippen molar-refractivity contribution >= 4 is 5.91 Å². The van der Waals surface area contributed by atoms with Gasteiger partial charge in [-0.15, -0.1) is 0 Å². The molecular weight excluding hydrogens is 245 g/mol. The minimum Gasteiger partial charge on any atom is -0.391 e. The van der Waals surface area contributed by atoms with E-state index in [4.69, 9.17) is 0 Å². The van der Waals surface area contributed by atoms with Gasteiger partial charge in [0.15, 0.2) is 0 Å². The number of likely N-dealkylation sites (tertiary alicyclic amines) is 1. The molecule has 1 fully saturated rings. The number of hydrogen-bond donors (Lipinski definition) is 1. The molecule has 1 heterocycles. The molecule has 4 heteroatoms. The van der Waals surface area contributed by atoms with Gasteiger partial charge in [0.2, 0.25) is 0 Å². The van der Waals surface area contributed by atoms with Gasteiger partial charge in [0, 0.05) is 6.54 Å². The highest BCUT2D eigenvalue weighted by Gasteiger charge is 2.31. The fourth-order valence-corrected chi connectivity index (χ4v) is 2.67. The van der Waals surface area contributed by atoms with Crippen molar-refractivity contribution in [2.24, 2.45) is 0 Å². The molecule has 0 aliphatic carbocycles. The Balaban J connectivity index is 2.28. The number of hydrogen-bond acceptors (Lipinski definition) is 2. The second-order valence-electron chi connectivity index (χ2n) is 5.29. The van der Waals surface area contributed by atoms with Crippen LogP contribution in [-0.2, 0) is 0 Å². The van der Waals surface area contributed by atoms with E-state index in [1.807, 2.05) is 6.92 Å². The third-order valence-corrected chi connectivity index (χ3v) is 3.72. The summed E-state index contributed by atoms with van der Waals surface area (Å²) in [7, 11) is 0. The zero-order valence-electron chi connectivity index (χ0n) is 11.4. The van der Waals surface area contributed by atoms with Gasteiger partial charge < -0.3 is 10.0 Å². The molecule has 104 valence electrons. The molecule has 0 aromatic heterocycles. The normalized spacial score (nSPS) is 21.3. The van der Waals surface area contributed by atoms with E-state index in [0.717, 1.165) is 24.8 Å². The predicted octanol–water partition coefficient (Wildman–Crippen LogP) is 2.51. The maximum Gasteiger partial charge on any atom is 0.257 e. The lowest BCUT2D eigenvalue weighted by Gasteiger charge is -2.37. The number of aryl methyl sites for hydroxylation is 1. The van der Waals surface area contributed by atoms with E-state index in [1.165, 1.54) is 6.07 Å². The molecule has 0 unspecified atom stereocenters. The van der Waals surface area contributed by atoms with Gasteiger partial charge in [0.1, 0.15) is 5.82 Å². The van der Waals surface area contributed by atoms with Crippen molar-refractivity contribution < 1.29 is 14.3 Å². The molecule has 1 aromatic carbocycles. The van der Waals surface area contributed by atoms with Gasteiger partial charge in [0.25, 0.3) is 5.91 Å². The largest absolute Gasteiger partial charge is 0.391 e. The number of amides is 1. The fourth-order valence-electron chi connectivity index (χ4n) is 2.67. The molecule has 1 saturated heterocycles. The Morgan fingerprint density at radius 2 is 2.21 bits per heavy atom. The van der Waals surface area contributed by atoms with E-state index in [-0.39, 0.29) is 17.5 Å². The van der Waals surface area contributed by atoms with E-state index in [0.29, 0.717) is 6.54 Å². The Hall–Kier alpha value is -1.42. The van der Waals surface area contributed by atoms with Gasteiger partial charge in [-0.05, 0) is 45.2 Å². The van der Waals surface area contributed by atoms with E-state index in [1.54, 1.807) is 24.0 Å². The highest BCUT2D eigenvalue weighted by Crippen LogP contribution is 2.23. The van der Waals surface area contributed by atoms with Crippen LogP contribution in [0.4, 0.5) is 4.39 Å².